The van der Waals surface area contributed by atoms with E-state index in [0.717, 1.165) is 18.1 Å². The maximum absolute atomic E-state index is 5.38. The van der Waals surface area contributed by atoms with Gasteiger partial charge in [-0.25, -0.2) is 0 Å². The molecule has 0 amide bonds. The zero-order valence-corrected chi connectivity index (χ0v) is 10.1. The lowest BCUT2D eigenvalue weighted by atomic mass is 10.2. The number of aromatic nitrogens is 3. The molecule has 1 heterocycles. The Hall–Kier alpha value is -2.04. The zero-order chi connectivity index (χ0) is 12.1. The molecule has 5 nitrogen and oxygen atoms in total. The standard InChI is InChI=1S/C12H16N4O/c1-3-17-11-6-4-10(5-7-11)8-13-12-9-16(2)15-14-12/h4-7,9,13H,3,8H2,1-2H3. The molecule has 0 fully saturated rings. The molecule has 0 radical (unpaired) electrons. The maximum Gasteiger partial charge on any atom is 0.168 e. The summed E-state index contributed by atoms with van der Waals surface area (Å²) in [6.45, 7) is 3.39. The molecule has 2 aromatic rings. The Bertz CT molecular complexity index is 464. The van der Waals surface area contributed by atoms with Crippen molar-refractivity contribution in [2.45, 2.75) is 13.5 Å². The third-order valence-electron chi connectivity index (χ3n) is 2.31. The molecule has 2 rings (SSSR count). The van der Waals surface area contributed by atoms with E-state index in [1.165, 1.54) is 5.56 Å². The van der Waals surface area contributed by atoms with Crippen molar-refractivity contribution in [2.24, 2.45) is 7.05 Å². The fourth-order valence-electron chi connectivity index (χ4n) is 1.49. The summed E-state index contributed by atoms with van der Waals surface area (Å²) in [5.74, 6) is 1.68. The minimum atomic E-state index is 0.692. The number of ether oxygens (including phenoxy) is 1. The van der Waals surface area contributed by atoms with E-state index >= 15 is 0 Å². The van der Waals surface area contributed by atoms with Gasteiger partial charge in [0.15, 0.2) is 5.82 Å². The Balaban J connectivity index is 1.90. The highest BCUT2D eigenvalue weighted by Crippen LogP contribution is 2.13. The summed E-state index contributed by atoms with van der Waals surface area (Å²) in [5, 5.41) is 11.0. The van der Waals surface area contributed by atoms with Gasteiger partial charge in [-0.1, -0.05) is 17.3 Å². The van der Waals surface area contributed by atoms with Crippen LogP contribution in [0.4, 0.5) is 5.82 Å². The predicted octanol–water partition coefficient (Wildman–Crippen LogP) is 1.83. The van der Waals surface area contributed by atoms with E-state index in [0.29, 0.717) is 6.61 Å². The minimum Gasteiger partial charge on any atom is -0.494 e. The second-order valence-electron chi connectivity index (χ2n) is 3.71. The van der Waals surface area contributed by atoms with Crippen molar-refractivity contribution < 1.29 is 4.74 Å². The van der Waals surface area contributed by atoms with Gasteiger partial charge < -0.3 is 10.1 Å². The summed E-state index contributed by atoms with van der Waals surface area (Å²) in [5.41, 5.74) is 1.18. The molecular weight excluding hydrogens is 216 g/mol. The van der Waals surface area contributed by atoms with Gasteiger partial charge >= 0.3 is 0 Å². The van der Waals surface area contributed by atoms with Crippen molar-refractivity contribution in [3.05, 3.63) is 36.0 Å². The molecule has 0 aliphatic heterocycles. The van der Waals surface area contributed by atoms with Gasteiger partial charge in [-0.15, -0.1) is 5.10 Å². The first kappa shape index (κ1) is 11.4. The van der Waals surface area contributed by atoms with Crippen molar-refractivity contribution in [2.75, 3.05) is 11.9 Å². The second-order valence-corrected chi connectivity index (χ2v) is 3.71. The Morgan fingerprint density at radius 2 is 2.06 bits per heavy atom. The van der Waals surface area contributed by atoms with Crippen LogP contribution < -0.4 is 10.1 Å². The highest BCUT2D eigenvalue weighted by molar-refractivity contribution is 5.33. The van der Waals surface area contributed by atoms with Crippen LogP contribution in [0.2, 0.25) is 0 Å². The molecular formula is C12H16N4O. The van der Waals surface area contributed by atoms with Crippen LogP contribution in [0.5, 0.6) is 5.75 Å². The third kappa shape index (κ3) is 3.21. The third-order valence-corrected chi connectivity index (χ3v) is 2.31. The quantitative estimate of drug-likeness (QED) is 0.854. The van der Waals surface area contributed by atoms with Gasteiger partial charge in [0.1, 0.15) is 5.75 Å². The molecule has 0 saturated heterocycles. The molecule has 0 bridgehead atoms. The summed E-state index contributed by atoms with van der Waals surface area (Å²) in [6, 6.07) is 8.01. The van der Waals surface area contributed by atoms with Gasteiger partial charge in [0.2, 0.25) is 0 Å². The number of anilines is 1. The first-order valence-corrected chi connectivity index (χ1v) is 5.60. The van der Waals surface area contributed by atoms with Gasteiger partial charge in [-0.2, -0.15) is 0 Å². The highest BCUT2D eigenvalue weighted by atomic mass is 16.5. The lowest BCUT2D eigenvalue weighted by molar-refractivity contribution is 0.340. The van der Waals surface area contributed by atoms with Gasteiger partial charge in [0.05, 0.1) is 12.8 Å². The van der Waals surface area contributed by atoms with E-state index in [4.69, 9.17) is 4.74 Å². The Kier molecular flexibility index (Phi) is 3.59. The van der Waals surface area contributed by atoms with Crippen LogP contribution in [0.15, 0.2) is 30.5 Å². The molecule has 0 spiro atoms. The molecule has 17 heavy (non-hydrogen) atoms. The zero-order valence-electron chi connectivity index (χ0n) is 10.1. The monoisotopic (exact) mass is 232 g/mol. The molecule has 0 atom stereocenters. The Morgan fingerprint density at radius 3 is 2.65 bits per heavy atom. The summed E-state index contributed by atoms with van der Waals surface area (Å²) in [6.07, 6.45) is 1.84. The van der Waals surface area contributed by atoms with E-state index < -0.39 is 0 Å². The average molecular weight is 232 g/mol. The molecule has 0 aliphatic rings. The topological polar surface area (TPSA) is 52.0 Å². The Labute approximate surface area is 100 Å². The number of aryl methyl sites for hydroxylation is 1. The molecule has 1 aromatic carbocycles. The van der Waals surface area contributed by atoms with E-state index in [2.05, 4.69) is 15.6 Å². The largest absolute Gasteiger partial charge is 0.494 e. The molecule has 0 saturated carbocycles. The van der Waals surface area contributed by atoms with E-state index in [9.17, 15) is 0 Å². The lowest BCUT2D eigenvalue weighted by Crippen LogP contribution is -1.99. The smallest absolute Gasteiger partial charge is 0.168 e. The fraction of sp³-hybridized carbons (Fsp3) is 0.333. The number of benzene rings is 1. The van der Waals surface area contributed by atoms with E-state index in [1.54, 1.807) is 4.68 Å². The van der Waals surface area contributed by atoms with Crippen LogP contribution in [-0.4, -0.2) is 21.6 Å². The Morgan fingerprint density at radius 1 is 1.29 bits per heavy atom. The lowest BCUT2D eigenvalue weighted by Gasteiger charge is -2.05. The highest BCUT2D eigenvalue weighted by Gasteiger charge is 1.98. The SMILES string of the molecule is CCOc1ccc(CNc2cn(C)nn2)cc1. The summed E-state index contributed by atoms with van der Waals surface area (Å²) in [4.78, 5) is 0. The minimum absolute atomic E-state index is 0.692. The van der Waals surface area contributed by atoms with Gasteiger partial charge in [0, 0.05) is 13.6 Å². The molecule has 0 aliphatic carbocycles. The van der Waals surface area contributed by atoms with E-state index in [-0.39, 0.29) is 0 Å². The van der Waals surface area contributed by atoms with Crippen LogP contribution in [0.1, 0.15) is 12.5 Å². The van der Waals surface area contributed by atoms with Crippen molar-refractivity contribution in [3.63, 3.8) is 0 Å². The number of nitrogens with zero attached hydrogens (tertiary/aromatic N) is 3. The van der Waals surface area contributed by atoms with Gasteiger partial charge in [-0.05, 0) is 24.6 Å². The van der Waals surface area contributed by atoms with Crippen LogP contribution in [-0.2, 0) is 13.6 Å². The predicted molar refractivity (Wildman–Crippen MR) is 65.9 cm³/mol. The van der Waals surface area contributed by atoms with Crippen molar-refractivity contribution in [1.29, 1.82) is 0 Å². The van der Waals surface area contributed by atoms with Crippen molar-refractivity contribution in [1.82, 2.24) is 15.0 Å². The van der Waals surface area contributed by atoms with Crippen molar-refractivity contribution >= 4 is 5.82 Å². The fourth-order valence-corrected chi connectivity index (χ4v) is 1.49. The van der Waals surface area contributed by atoms with Crippen molar-refractivity contribution in [3.8, 4) is 5.75 Å². The second kappa shape index (κ2) is 5.34. The molecule has 1 aromatic heterocycles. The number of hydrogen-bond acceptors (Lipinski definition) is 4. The average Bonchev–Trinajstić information content (AvgIpc) is 2.75. The number of rotatable bonds is 5. The number of hydrogen-bond donors (Lipinski definition) is 1. The molecule has 0 unspecified atom stereocenters. The van der Waals surface area contributed by atoms with Gasteiger partial charge in [-0.3, -0.25) is 4.68 Å². The molecule has 90 valence electrons. The van der Waals surface area contributed by atoms with Crippen LogP contribution in [0.3, 0.4) is 0 Å². The first-order chi connectivity index (χ1) is 8.28. The molecule has 5 heteroatoms. The van der Waals surface area contributed by atoms with Gasteiger partial charge in [0.25, 0.3) is 0 Å². The maximum atomic E-state index is 5.38. The first-order valence-electron chi connectivity index (χ1n) is 5.60. The van der Waals surface area contributed by atoms with Crippen LogP contribution >= 0.6 is 0 Å². The molecule has 1 N–H and O–H groups in total. The van der Waals surface area contributed by atoms with Crippen LogP contribution in [0, 0.1) is 0 Å². The summed E-state index contributed by atoms with van der Waals surface area (Å²) < 4.78 is 7.05. The number of nitrogens with one attached hydrogen (secondary N) is 1. The summed E-state index contributed by atoms with van der Waals surface area (Å²) >= 11 is 0. The van der Waals surface area contributed by atoms with Crippen LogP contribution in [0.25, 0.3) is 0 Å². The van der Waals surface area contributed by atoms with E-state index in [1.807, 2.05) is 44.4 Å². The summed E-state index contributed by atoms with van der Waals surface area (Å²) in [7, 11) is 1.84. The normalized spacial score (nSPS) is 10.2.